The highest BCUT2D eigenvalue weighted by atomic mass is 19.2. The third kappa shape index (κ3) is 10.3. The maximum atomic E-state index is 17.3. The summed E-state index contributed by atoms with van der Waals surface area (Å²) >= 11 is 0. The summed E-state index contributed by atoms with van der Waals surface area (Å²) in [4.78, 5) is 4.06. The fourth-order valence-electron chi connectivity index (χ4n) is 17.0. The zero-order valence-corrected chi connectivity index (χ0v) is 58.3. The van der Waals surface area contributed by atoms with Gasteiger partial charge in [0.1, 0.15) is 0 Å². The van der Waals surface area contributed by atoms with E-state index in [0.717, 1.165) is 54.9 Å². The van der Waals surface area contributed by atoms with Crippen molar-refractivity contribution in [3.8, 4) is 55.6 Å². The molecular weight excluding hydrogens is 1400 g/mol. The molecule has 2 aliphatic carbocycles. The molecule has 2 unspecified atom stereocenters. The van der Waals surface area contributed by atoms with Crippen molar-refractivity contribution < 1.29 is 43.9 Å². The topological polar surface area (TPSA) is 6.48 Å². The zero-order valence-electron chi connectivity index (χ0n) is 58.3. The molecule has 0 spiro atoms. The molecule has 0 aliphatic heterocycles. The van der Waals surface area contributed by atoms with Crippen molar-refractivity contribution >= 4 is 67.8 Å². The molecule has 0 aromatic heterocycles. The molecule has 2 atom stereocenters. The van der Waals surface area contributed by atoms with Crippen LogP contribution in [-0.4, -0.2) is 0 Å². The molecule has 0 amide bonds. The second-order valence-corrected chi connectivity index (χ2v) is 27.4. The number of benzene rings is 16. The van der Waals surface area contributed by atoms with Gasteiger partial charge >= 0.3 is 0 Å². The van der Waals surface area contributed by atoms with E-state index in [0.29, 0.717) is 78.6 Å². The first-order valence-corrected chi connectivity index (χ1v) is 35.6. The summed E-state index contributed by atoms with van der Waals surface area (Å²) in [6, 6.07) is 97.6. The molecule has 0 radical (unpaired) electrons. The van der Waals surface area contributed by atoms with Crippen molar-refractivity contribution in [3.05, 3.63) is 442 Å². The number of rotatable bonds is 15. The number of nitrogens with zero attached hydrogens (tertiary/aromatic N) is 2. The van der Waals surface area contributed by atoms with Crippen molar-refractivity contribution in [3.63, 3.8) is 0 Å². The molecule has 16 aromatic rings. The van der Waals surface area contributed by atoms with Crippen molar-refractivity contribution in [1.82, 2.24) is 0 Å². The van der Waals surface area contributed by atoms with E-state index >= 15 is 43.9 Å². The highest BCUT2D eigenvalue weighted by Gasteiger charge is 2.53. The van der Waals surface area contributed by atoms with E-state index in [4.69, 9.17) is 0 Å². The van der Waals surface area contributed by atoms with Crippen molar-refractivity contribution in [1.29, 1.82) is 0 Å². The first-order chi connectivity index (χ1) is 53.6. The molecular formula is C98H58F10N2. The SMILES string of the molecule is C=Cc1ccc(C2(c3c(F)c(F)c(F)c(F)c3F)c3ccccc3-c3ccc(N(c4ccc(-c5ccccc5)cc4)c4ccc(-c5ccc(N(c6ccc(-c7ccccc7)cc6)c6ccc7c(c6)C(c6ccc(C=C)cc6)(c6c(F)c(F)c(F)c(F)c6F)c6ccccc6-7)c6ccccc56)c5ccccc45)cc32)cc1. The van der Waals surface area contributed by atoms with E-state index in [1.807, 2.05) is 216 Å². The number of hydrogen-bond donors (Lipinski definition) is 0. The Balaban J connectivity index is 0.845. The summed E-state index contributed by atoms with van der Waals surface area (Å²) in [7, 11) is 0. The molecule has 0 bridgehead atoms. The van der Waals surface area contributed by atoms with Crippen LogP contribution in [0.25, 0.3) is 89.3 Å². The van der Waals surface area contributed by atoms with Crippen LogP contribution in [0.3, 0.4) is 0 Å². The predicted molar refractivity (Wildman–Crippen MR) is 421 cm³/mol. The van der Waals surface area contributed by atoms with Gasteiger partial charge in [0.25, 0.3) is 0 Å². The average Bonchev–Trinajstić information content (AvgIpc) is 1.43. The molecule has 0 saturated carbocycles. The molecule has 530 valence electrons. The van der Waals surface area contributed by atoms with Crippen LogP contribution in [0.1, 0.15) is 55.6 Å². The quantitative estimate of drug-likeness (QED) is 0.0573. The van der Waals surface area contributed by atoms with Crippen LogP contribution in [0.15, 0.2) is 329 Å². The van der Waals surface area contributed by atoms with Gasteiger partial charge in [-0.05, 0) is 172 Å². The lowest BCUT2D eigenvalue weighted by Gasteiger charge is -2.35. The molecule has 0 saturated heterocycles. The Hall–Kier alpha value is -13.6. The lowest BCUT2D eigenvalue weighted by atomic mass is 9.67. The Morgan fingerprint density at radius 2 is 0.509 bits per heavy atom. The second-order valence-electron chi connectivity index (χ2n) is 27.4. The van der Waals surface area contributed by atoms with Crippen LogP contribution in [-0.2, 0) is 10.8 Å². The fraction of sp³-hybridized carbons (Fsp3) is 0.0204. The Labute approximate surface area is 627 Å². The van der Waals surface area contributed by atoms with Crippen LogP contribution >= 0.6 is 0 Å². The van der Waals surface area contributed by atoms with Gasteiger partial charge in [0, 0.05) is 44.6 Å². The van der Waals surface area contributed by atoms with Gasteiger partial charge in [-0.3, -0.25) is 0 Å². The van der Waals surface area contributed by atoms with Crippen LogP contribution in [0.4, 0.5) is 78.0 Å². The van der Waals surface area contributed by atoms with Gasteiger partial charge in [0.05, 0.1) is 22.2 Å². The smallest absolute Gasteiger partial charge is 0.200 e. The van der Waals surface area contributed by atoms with E-state index in [9.17, 15) is 0 Å². The second kappa shape index (κ2) is 26.7. The van der Waals surface area contributed by atoms with Crippen LogP contribution in [0.2, 0.25) is 0 Å². The maximum Gasteiger partial charge on any atom is 0.200 e. The Bertz CT molecular complexity index is 5990. The normalized spacial score (nSPS) is 14.6. The van der Waals surface area contributed by atoms with Gasteiger partial charge in [-0.1, -0.05) is 280 Å². The summed E-state index contributed by atoms with van der Waals surface area (Å²) in [6.45, 7) is 7.82. The summed E-state index contributed by atoms with van der Waals surface area (Å²) in [5, 5.41) is 3.13. The van der Waals surface area contributed by atoms with Gasteiger partial charge in [-0.25, -0.2) is 43.9 Å². The molecule has 0 fully saturated rings. The van der Waals surface area contributed by atoms with Gasteiger partial charge in [0.2, 0.25) is 11.6 Å². The lowest BCUT2D eigenvalue weighted by Crippen LogP contribution is -2.33. The Morgan fingerprint density at radius 3 is 0.864 bits per heavy atom. The number of anilines is 6. The molecule has 2 nitrogen and oxygen atoms in total. The summed E-state index contributed by atoms with van der Waals surface area (Å²) in [5.74, 6) is -20.8. The first-order valence-electron chi connectivity index (χ1n) is 35.6. The molecule has 18 rings (SSSR count). The Kier molecular flexibility index (Phi) is 16.6. The van der Waals surface area contributed by atoms with Crippen molar-refractivity contribution in [2.45, 2.75) is 10.8 Å². The molecule has 0 heterocycles. The van der Waals surface area contributed by atoms with Crippen molar-refractivity contribution in [2.24, 2.45) is 0 Å². The molecule has 110 heavy (non-hydrogen) atoms. The molecule has 2 aliphatic rings. The third-order valence-electron chi connectivity index (χ3n) is 21.9. The highest BCUT2D eigenvalue weighted by Crippen LogP contribution is 2.62. The number of halogens is 10. The Morgan fingerprint density at radius 1 is 0.227 bits per heavy atom. The van der Waals surface area contributed by atoms with Gasteiger partial charge in [-0.2, -0.15) is 0 Å². The number of fused-ring (bicyclic) bond motifs is 8. The molecule has 12 heteroatoms. The predicted octanol–water partition coefficient (Wildman–Crippen LogP) is 27.3. The van der Waals surface area contributed by atoms with Crippen LogP contribution in [0, 0.1) is 58.2 Å². The van der Waals surface area contributed by atoms with Gasteiger partial charge < -0.3 is 9.80 Å². The third-order valence-corrected chi connectivity index (χ3v) is 21.9. The van der Waals surface area contributed by atoms with Gasteiger partial charge in [0.15, 0.2) is 46.5 Å². The van der Waals surface area contributed by atoms with Crippen LogP contribution < -0.4 is 9.80 Å². The maximum absolute atomic E-state index is 17.3. The minimum atomic E-state index is -2.28. The van der Waals surface area contributed by atoms with E-state index in [1.165, 1.54) is 0 Å². The van der Waals surface area contributed by atoms with Gasteiger partial charge in [-0.15, -0.1) is 0 Å². The summed E-state index contributed by atoms with van der Waals surface area (Å²) < 4.78 is 164. The molecule has 16 aromatic carbocycles. The van der Waals surface area contributed by atoms with Crippen LogP contribution in [0.5, 0.6) is 0 Å². The summed E-state index contributed by atoms with van der Waals surface area (Å²) in [6.07, 6.45) is 3.19. The monoisotopic (exact) mass is 1450 g/mol. The standard InChI is InChI=1S/C98H58F10N2/c1-3-57-31-39-63(40-32-57)97(85-87(99)91(103)95(107)92(104)88(85)100)79-29-17-15-25-73(79)75-49-47-67(55-81(75)97)109(65-43-35-61(36-44-65)59-19-7-5-8-20-59)83-53-51-71(69-23-11-13-27-77(69)83)72-52-54-84(78-28-14-12-24-70(72)78)110(66-45-37-62(38-46-66)60-21-9-6-10-22-60)68-48-50-76-74-26-16-18-30-80(74)98(82(76)56-68,64-41-33-58(4-2)34-42-64)86-89(101)93(105)96(108)94(106)90(86)102/h3-56H,1-2H2. The van der Waals surface area contributed by atoms with E-state index in [1.54, 1.807) is 121 Å². The fourth-order valence-corrected chi connectivity index (χ4v) is 17.0. The van der Waals surface area contributed by atoms with E-state index in [2.05, 4.69) is 13.2 Å². The minimum Gasteiger partial charge on any atom is -0.310 e. The lowest BCUT2D eigenvalue weighted by molar-refractivity contribution is 0.363. The average molecular weight is 1450 g/mol. The molecule has 0 N–H and O–H groups in total. The van der Waals surface area contributed by atoms with E-state index in [-0.39, 0.29) is 22.3 Å². The highest BCUT2D eigenvalue weighted by molar-refractivity contribution is 6.13. The first kappa shape index (κ1) is 68.2. The largest absolute Gasteiger partial charge is 0.310 e. The zero-order chi connectivity index (χ0) is 75.4. The summed E-state index contributed by atoms with van der Waals surface area (Å²) in [5.41, 5.74) is 7.63. The minimum absolute atomic E-state index is 0.238. The van der Waals surface area contributed by atoms with E-state index < -0.39 is 80.1 Å². The number of hydrogen-bond acceptors (Lipinski definition) is 2. The van der Waals surface area contributed by atoms with Crippen molar-refractivity contribution in [2.75, 3.05) is 9.80 Å².